The minimum atomic E-state index is -1.05. The first kappa shape index (κ1) is 25.6. The van der Waals surface area contributed by atoms with E-state index >= 15 is 0 Å². The molecule has 3 unspecified atom stereocenters. The lowest BCUT2D eigenvalue weighted by Gasteiger charge is -2.37. The van der Waals surface area contributed by atoms with Crippen LogP contribution in [0.1, 0.15) is 58.4 Å². The predicted molar refractivity (Wildman–Crippen MR) is 131 cm³/mol. The maximum absolute atomic E-state index is 14.1. The summed E-state index contributed by atoms with van der Waals surface area (Å²) in [5.41, 5.74) is -0.0781. The third-order valence-electron chi connectivity index (χ3n) is 7.87. The van der Waals surface area contributed by atoms with E-state index in [0.717, 1.165) is 24.8 Å². The number of aliphatic hydroxyl groups is 1. The third kappa shape index (κ3) is 4.58. The SMILES string of the molecule is CCCNC(=O)[C@@H]1[C@@H]2CCC3(O2)C(C(=O)NC(C)CCC)N([C@@H](CO)Cc2ccccc2)C(=O)[C@H]13. The zero-order chi connectivity index (χ0) is 25.2. The summed E-state index contributed by atoms with van der Waals surface area (Å²) in [7, 11) is 0. The molecule has 1 aromatic rings. The van der Waals surface area contributed by atoms with Gasteiger partial charge in [0, 0.05) is 12.6 Å². The number of ether oxygens (including phenoxy) is 1. The molecule has 3 saturated heterocycles. The van der Waals surface area contributed by atoms with Crippen LogP contribution < -0.4 is 10.6 Å². The maximum Gasteiger partial charge on any atom is 0.246 e. The van der Waals surface area contributed by atoms with E-state index in [9.17, 15) is 19.5 Å². The standard InChI is InChI=1S/C27H39N3O5/c1-4-9-17(3)29-25(33)23-27-13-12-20(35-27)21(24(32)28-14-5-2)22(27)26(34)30(23)19(16-31)15-18-10-7-6-8-11-18/h6-8,10-11,17,19-23,31H,4-5,9,12-16H2,1-3H3,(H,28,32)(H,29,33)/t17?,19-,20+,21-,22+,23?,27?/m1/s1. The molecule has 1 spiro atoms. The normalized spacial score (nSPS) is 30.7. The van der Waals surface area contributed by atoms with E-state index in [2.05, 4.69) is 17.6 Å². The van der Waals surface area contributed by atoms with Crippen molar-refractivity contribution in [2.75, 3.05) is 13.2 Å². The average Bonchev–Trinajstić information content (AvgIpc) is 3.49. The minimum absolute atomic E-state index is 0.0520. The Bertz CT molecular complexity index is 925. The first-order valence-electron chi connectivity index (χ1n) is 13.1. The Morgan fingerprint density at radius 2 is 1.94 bits per heavy atom. The van der Waals surface area contributed by atoms with Crippen LogP contribution in [-0.2, 0) is 25.5 Å². The highest BCUT2D eigenvalue weighted by atomic mass is 16.5. The molecule has 192 valence electrons. The first-order valence-corrected chi connectivity index (χ1v) is 13.1. The number of amides is 3. The fourth-order valence-electron chi connectivity index (χ4n) is 6.41. The summed E-state index contributed by atoms with van der Waals surface area (Å²) in [6.45, 7) is 6.25. The summed E-state index contributed by atoms with van der Waals surface area (Å²) < 4.78 is 6.45. The Morgan fingerprint density at radius 3 is 2.60 bits per heavy atom. The molecule has 3 N–H and O–H groups in total. The number of aliphatic hydroxyl groups excluding tert-OH is 1. The number of benzene rings is 1. The van der Waals surface area contributed by atoms with E-state index in [0.29, 0.717) is 25.8 Å². The number of likely N-dealkylation sites (tertiary alicyclic amines) is 1. The zero-order valence-electron chi connectivity index (χ0n) is 21.0. The van der Waals surface area contributed by atoms with E-state index in [1.807, 2.05) is 44.2 Å². The minimum Gasteiger partial charge on any atom is -0.394 e. The Labute approximate surface area is 207 Å². The molecule has 0 aromatic heterocycles. The van der Waals surface area contributed by atoms with Crippen LogP contribution in [0.25, 0.3) is 0 Å². The van der Waals surface area contributed by atoms with Crippen LogP contribution in [0.5, 0.6) is 0 Å². The highest BCUT2D eigenvalue weighted by Crippen LogP contribution is 2.58. The lowest BCUT2D eigenvalue weighted by atomic mass is 9.70. The summed E-state index contributed by atoms with van der Waals surface area (Å²) in [6.07, 6.45) is 3.77. The number of hydrogen-bond acceptors (Lipinski definition) is 5. The summed E-state index contributed by atoms with van der Waals surface area (Å²) in [6, 6.07) is 8.12. The van der Waals surface area contributed by atoms with Crippen molar-refractivity contribution in [2.45, 2.75) is 89.1 Å². The summed E-state index contributed by atoms with van der Waals surface area (Å²) in [5.74, 6) is -2.04. The molecule has 1 aromatic carbocycles. The zero-order valence-corrected chi connectivity index (χ0v) is 21.0. The molecule has 8 heteroatoms. The number of fused-ring (bicyclic) bond motifs is 1. The molecule has 3 heterocycles. The van der Waals surface area contributed by atoms with Crippen molar-refractivity contribution in [3.8, 4) is 0 Å². The number of hydrogen-bond donors (Lipinski definition) is 3. The Hall–Kier alpha value is -2.45. The van der Waals surface area contributed by atoms with Crippen molar-refractivity contribution in [3.05, 3.63) is 35.9 Å². The van der Waals surface area contributed by atoms with Crippen LogP contribution in [0.4, 0.5) is 0 Å². The van der Waals surface area contributed by atoms with Crippen LogP contribution in [0.2, 0.25) is 0 Å². The van der Waals surface area contributed by atoms with Crippen molar-refractivity contribution in [2.24, 2.45) is 11.8 Å². The fourth-order valence-corrected chi connectivity index (χ4v) is 6.41. The number of nitrogens with zero attached hydrogens (tertiary/aromatic N) is 1. The van der Waals surface area contributed by atoms with Gasteiger partial charge in [0.1, 0.15) is 11.6 Å². The number of nitrogens with one attached hydrogen (secondary N) is 2. The quantitative estimate of drug-likeness (QED) is 0.443. The van der Waals surface area contributed by atoms with Crippen molar-refractivity contribution in [1.82, 2.24) is 15.5 Å². The summed E-state index contributed by atoms with van der Waals surface area (Å²) in [5, 5.41) is 16.4. The van der Waals surface area contributed by atoms with Crippen molar-refractivity contribution in [1.29, 1.82) is 0 Å². The summed E-state index contributed by atoms with van der Waals surface area (Å²) >= 11 is 0. The fraction of sp³-hybridized carbons (Fsp3) is 0.667. The molecular formula is C27H39N3O5. The van der Waals surface area contributed by atoms with Gasteiger partial charge >= 0.3 is 0 Å². The molecule has 35 heavy (non-hydrogen) atoms. The van der Waals surface area contributed by atoms with Crippen molar-refractivity contribution in [3.63, 3.8) is 0 Å². The number of rotatable bonds is 11. The van der Waals surface area contributed by atoms with Gasteiger partial charge in [0.05, 0.1) is 30.6 Å². The third-order valence-corrected chi connectivity index (χ3v) is 7.87. The van der Waals surface area contributed by atoms with Gasteiger partial charge in [-0.15, -0.1) is 0 Å². The predicted octanol–water partition coefficient (Wildman–Crippen LogP) is 1.80. The molecule has 2 bridgehead atoms. The largest absolute Gasteiger partial charge is 0.394 e. The lowest BCUT2D eigenvalue weighted by molar-refractivity contribution is -0.145. The van der Waals surface area contributed by atoms with Crippen LogP contribution in [0.15, 0.2) is 30.3 Å². The molecule has 3 amide bonds. The Balaban J connectivity index is 1.70. The molecule has 0 saturated carbocycles. The lowest BCUT2D eigenvalue weighted by Crippen LogP contribution is -2.59. The van der Waals surface area contributed by atoms with Crippen LogP contribution in [0.3, 0.4) is 0 Å². The Kier molecular flexibility index (Phi) is 7.81. The highest BCUT2D eigenvalue weighted by Gasteiger charge is 2.75. The van der Waals surface area contributed by atoms with Gasteiger partial charge in [-0.05, 0) is 44.6 Å². The van der Waals surface area contributed by atoms with Crippen LogP contribution in [0, 0.1) is 11.8 Å². The second-order valence-electron chi connectivity index (χ2n) is 10.3. The second kappa shape index (κ2) is 10.7. The van der Waals surface area contributed by atoms with Gasteiger partial charge in [-0.25, -0.2) is 0 Å². The van der Waals surface area contributed by atoms with E-state index < -0.39 is 29.5 Å². The van der Waals surface area contributed by atoms with Gasteiger partial charge in [0.2, 0.25) is 17.7 Å². The molecule has 4 rings (SSSR count). The molecule has 0 radical (unpaired) electrons. The van der Waals surface area contributed by atoms with Crippen LogP contribution >= 0.6 is 0 Å². The smallest absolute Gasteiger partial charge is 0.246 e. The maximum atomic E-state index is 14.1. The molecule has 8 nitrogen and oxygen atoms in total. The summed E-state index contributed by atoms with van der Waals surface area (Å²) in [4.78, 5) is 42.5. The van der Waals surface area contributed by atoms with Gasteiger partial charge in [0.15, 0.2) is 0 Å². The van der Waals surface area contributed by atoms with Gasteiger partial charge in [-0.3, -0.25) is 14.4 Å². The van der Waals surface area contributed by atoms with Gasteiger partial charge in [-0.2, -0.15) is 0 Å². The topological polar surface area (TPSA) is 108 Å². The first-order chi connectivity index (χ1) is 16.9. The van der Waals surface area contributed by atoms with Gasteiger partial charge < -0.3 is 25.4 Å². The Morgan fingerprint density at radius 1 is 1.20 bits per heavy atom. The van der Waals surface area contributed by atoms with Gasteiger partial charge in [0.25, 0.3) is 0 Å². The van der Waals surface area contributed by atoms with Crippen LogP contribution in [-0.4, -0.2) is 70.7 Å². The van der Waals surface area contributed by atoms with E-state index in [1.54, 1.807) is 4.90 Å². The van der Waals surface area contributed by atoms with Crippen molar-refractivity contribution >= 4 is 17.7 Å². The average molecular weight is 486 g/mol. The van der Waals surface area contributed by atoms with Crippen molar-refractivity contribution < 1.29 is 24.2 Å². The van der Waals surface area contributed by atoms with Gasteiger partial charge in [-0.1, -0.05) is 50.6 Å². The molecular weight excluding hydrogens is 446 g/mol. The second-order valence-corrected chi connectivity index (χ2v) is 10.3. The number of carbonyl (C=O) groups is 3. The molecule has 3 aliphatic rings. The molecule has 0 aliphatic carbocycles. The highest BCUT2D eigenvalue weighted by molar-refractivity contribution is 5.99. The van der Waals surface area contributed by atoms with E-state index in [1.165, 1.54) is 0 Å². The van der Waals surface area contributed by atoms with E-state index in [4.69, 9.17) is 4.74 Å². The molecule has 3 aliphatic heterocycles. The number of carbonyl (C=O) groups excluding carboxylic acids is 3. The monoisotopic (exact) mass is 485 g/mol. The molecule has 7 atom stereocenters. The molecule has 3 fully saturated rings. The van der Waals surface area contributed by atoms with E-state index in [-0.39, 0.29) is 36.5 Å².